The van der Waals surface area contributed by atoms with Crippen molar-refractivity contribution < 1.29 is 9.13 Å². The van der Waals surface area contributed by atoms with Gasteiger partial charge >= 0.3 is 0 Å². The number of rotatable bonds is 4. The molecule has 1 aliphatic rings. The molecule has 0 saturated heterocycles. The molecule has 0 bridgehead atoms. The number of benzene rings is 3. The summed E-state index contributed by atoms with van der Waals surface area (Å²) in [7, 11) is 1.63. The molecule has 3 aromatic carbocycles. The van der Waals surface area contributed by atoms with Crippen LogP contribution in [-0.2, 0) is 0 Å². The maximum absolute atomic E-state index is 14.4. The summed E-state index contributed by atoms with van der Waals surface area (Å²) in [6.45, 7) is 0. The van der Waals surface area contributed by atoms with Gasteiger partial charge in [0.15, 0.2) is 0 Å². The second-order valence-corrected chi connectivity index (χ2v) is 7.28. The molecule has 1 heterocycles. The highest BCUT2D eigenvalue weighted by Gasteiger charge is 2.31. The number of hydrogen-bond acceptors (Lipinski definition) is 3. The van der Waals surface area contributed by atoms with Crippen LogP contribution in [0.15, 0.2) is 71.8 Å². The predicted octanol–water partition coefficient (Wildman–Crippen LogP) is 6.50. The number of ether oxygens (including phenoxy) is 1. The monoisotopic (exact) mass is 414 g/mol. The Morgan fingerprint density at radius 3 is 2.43 bits per heavy atom. The molecule has 0 fully saturated rings. The van der Waals surface area contributed by atoms with Crippen molar-refractivity contribution in [3.05, 3.63) is 93.7 Å². The van der Waals surface area contributed by atoms with Gasteiger partial charge in [-0.25, -0.2) is 4.39 Å². The molecule has 1 atom stereocenters. The third-order valence-corrected chi connectivity index (χ3v) is 5.50. The molecule has 3 aromatic rings. The van der Waals surface area contributed by atoms with Crippen molar-refractivity contribution in [2.45, 2.75) is 12.5 Å². The Balaban J connectivity index is 1.77. The van der Waals surface area contributed by atoms with Crippen molar-refractivity contribution in [1.82, 2.24) is 0 Å². The van der Waals surface area contributed by atoms with E-state index in [0.29, 0.717) is 27.7 Å². The van der Waals surface area contributed by atoms with Gasteiger partial charge in [-0.3, -0.25) is 5.01 Å². The summed E-state index contributed by atoms with van der Waals surface area (Å²) in [4.78, 5) is 0. The molecular weight excluding hydrogens is 398 g/mol. The second-order valence-electron chi connectivity index (χ2n) is 6.46. The van der Waals surface area contributed by atoms with Crippen LogP contribution in [0.25, 0.3) is 0 Å². The van der Waals surface area contributed by atoms with E-state index in [0.717, 1.165) is 17.0 Å². The van der Waals surface area contributed by atoms with E-state index in [4.69, 9.17) is 33.0 Å². The summed E-state index contributed by atoms with van der Waals surface area (Å²) in [5.74, 6) is 0.490. The van der Waals surface area contributed by atoms with Gasteiger partial charge in [0.2, 0.25) is 0 Å². The molecular formula is C22H17Cl2FN2O. The van der Waals surface area contributed by atoms with Crippen molar-refractivity contribution in [3.8, 4) is 5.75 Å². The van der Waals surface area contributed by atoms with Crippen molar-refractivity contribution >= 4 is 34.6 Å². The molecule has 3 nitrogen and oxygen atoms in total. The van der Waals surface area contributed by atoms with E-state index in [-0.39, 0.29) is 11.9 Å². The first-order chi connectivity index (χ1) is 13.6. The fourth-order valence-corrected chi connectivity index (χ4v) is 3.61. The second kappa shape index (κ2) is 7.82. The van der Waals surface area contributed by atoms with Crippen LogP contribution in [0.4, 0.5) is 10.1 Å². The SMILES string of the molecule is COc1ccc(C2CC(c3ccccc3F)=NN2c2ccc(Cl)c(Cl)c2)cc1. The summed E-state index contributed by atoms with van der Waals surface area (Å²) in [6.07, 6.45) is 0.563. The van der Waals surface area contributed by atoms with Crippen LogP contribution < -0.4 is 9.75 Å². The maximum atomic E-state index is 14.4. The van der Waals surface area contributed by atoms with Gasteiger partial charge in [-0.2, -0.15) is 5.10 Å². The number of hydrazone groups is 1. The molecule has 0 saturated carbocycles. The van der Waals surface area contributed by atoms with Crippen LogP contribution in [0.2, 0.25) is 10.0 Å². The zero-order chi connectivity index (χ0) is 19.7. The smallest absolute Gasteiger partial charge is 0.132 e. The number of halogens is 3. The van der Waals surface area contributed by atoms with Gasteiger partial charge in [-0.1, -0.05) is 53.5 Å². The Hall–Kier alpha value is -2.56. The topological polar surface area (TPSA) is 24.8 Å². The van der Waals surface area contributed by atoms with Crippen LogP contribution in [0.5, 0.6) is 5.75 Å². The molecule has 0 radical (unpaired) electrons. The average molecular weight is 415 g/mol. The van der Waals surface area contributed by atoms with Gasteiger partial charge in [-0.05, 0) is 42.0 Å². The number of methoxy groups -OCH3 is 1. The van der Waals surface area contributed by atoms with Gasteiger partial charge in [0.1, 0.15) is 11.6 Å². The standard InChI is InChI=1S/C22H17Cl2FN2O/c1-28-16-9-6-14(7-10-16)22-13-21(17-4-2-3-5-20(17)25)26-27(22)15-8-11-18(23)19(24)12-15/h2-12,22H,13H2,1H3. The van der Waals surface area contributed by atoms with Crippen molar-refractivity contribution in [1.29, 1.82) is 0 Å². The van der Waals surface area contributed by atoms with Crippen LogP contribution in [0.3, 0.4) is 0 Å². The lowest BCUT2D eigenvalue weighted by molar-refractivity contribution is 0.414. The largest absolute Gasteiger partial charge is 0.497 e. The minimum absolute atomic E-state index is 0.0993. The fraction of sp³-hybridized carbons (Fsp3) is 0.136. The van der Waals surface area contributed by atoms with E-state index in [1.807, 2.05) is 41.4 Å². The molecule has 6 heteroatoms. The van der Waals surface area contributed by atoms with E-state index < -0.39 is 0 Å². The first-order valence-corrected chi connectivity index (χ1v) is 9.53. The minimum atomic E-state index is -0.286. The first-order valence-electron chi connectivity index (χ1n) is 8.77. The zero-order valence-corrected chi connectivity index (χ0v) is 16.6. The summed E-state index contributed by atoms with van der Waals surface area (Å²) >= 11 is 12.3. The highest BCUT2D eigenvalue weighted by molar-refractivity contribution is 6.42. The van der Waals surface area contributed by atoms with Gasteiger partial charge in [-0.15, -0.1) is 0 Å². The molecule has 1 aliphatic heterocycles. The number of nitrogens with zero attached hydrogens (tertiary/aromatic N) is 2. The molecule has 0 N–H and O–H groups in total. The Labute approximate surface area is 173 Å². The van der Waals surface area contributed by atoms with Crippen LogP contribution in [0.1, 0.15) is 23.6 Å². The van der Waals surface area contributed by atoms with E-state index >= 15 is 0 Å². The van der Waals surface area contributed by atoms with Crippen molar-refractivity contribution in [2.75, 3.05) is 12.1 Å². The molecule has 142 valence electrons. The lowest BCUT2D eigenvalue weighted by Gasteiger charge is -2.24. The molecule has 0 aliphatic carbocycles. The van der Waals surface area contributed by atoms with Gasteiger partial charge in [0.25, 0.3) is 0 Å². The Bertz CT molecular complexity index is 1040. The zero-order valence-electron chi connectivity index (χ0n) is 15.1. The van der Waals surface area contributed by atoms with Crippen molar-refractivity contribution in [2.24, 2.45) is 5.10 Å². The Morgan fingerprint density at radius 2 is 1.75 bits per heavy atom. The first kappa shape index (κ1) is 18.8. The number of anilines is 1. The van der Waals surface area contributed by atoms with Crippen LogP contribution in [0, 0.1) is 5.82 Å². The predicted molar refractivity (Wildman–Crippen MR) is 112 cm³/mol. The minimum Gasteiger partial charge on any atom is -0.497 e. The summed E-state index contributed by atoms with van der Waals surface area (Å²) < 4.78 is 19.6. The highest BCUT2D eigenvalue weighted by Crippen LogP contribution is 2.39. The lowest BCUT2D eigenvalue weighted by atomic mass is 9.98. The fourth-order valence-electron chi connectivity index (χ4n) is 3.32. The van der Waals surface area contributed by atoms with E-state index in [2.05, 4.69) is 0 Å². The quantitative estimate of drug-likeness (QED) is 0.486. The van der Waals surface area contributed by atoms with Crippen molar-refractivity contribution in [3.63, 3.8) is 0 Å². The van der Waals surface area contributed by atoms with E-state index in [1.165, 1.54) is 6.07 Å². The normalized spacial score (nSPS) is 16.2. The average Bonchev–Trinajstić information content (AvgIpc) is 3.15. The van der Waals surface area contributed by atoms with E-state index in [9.17, 15) is 4.39 Å². The molecule has 0 aromatic heterocycles. The Kier molecular flexibility index (Phi) is 5.25. The molecule has 0 amide bonds. The van der Waals surface area contributed by atoms with E-state index in [1.54, 1.807) is 31.4 Å². The molecule has 4 rings (SSSR count). The molecule has 0 spiro atoms. The van der Waals surface area contributed by atoms with Gasteiger partial charge in [0.05, 0.1) is 34.6 Å². The third-order valence-electron chi connectivity index (χ3n) is 4.76. The number of hydrogen-bond donors (Lipinski definition) is 0. The molecule has 1 unspecified atom stereocenters. The highest BCUT2D eigenvalue weighted by atomic mass is 35.5. The van der Waals surface area contributed by atoms with Crippen LogP contribution >= 0.6 is 23.2 Å². The van der Waals surface area contributed by atoms with Crippen LogP contribution in [-0.4, -0.2) is 12.8 Å². The summed E-state index contributed by atoms with van der Waals surface area (Å²) in [5.41, 5.74) is 3.03. The molecule has 28 heavy (non-hydrogen) atoms. The maximum Gasteiger partial charge on any atom is 0.132 e. The van der Waals surface area contributed by atoms with Gasteiger partial charge in [0, 0.05) is 12.0 Å². The summed E-state index contributed by atoms with van der Waals surface area (Å²) in [6, 6.07) is 19.7. The Morgan fingerprint density at radius 1 is 1.00 bits per heavy atom. The summed E-state index contributed by atoms with van der Waals surface area (Å²) in [5, 5.41) is 7.53. The van der Waals surface area contributed by atoms with Gasteiger partial charge < -0.3 is 4.74 Å². The lowest BCUT2D eigenvalue weighted by Crippen LogP contribution is -2.18. The third kappa shape index (κ3) is 3.58.